The summed E-state index contributed by atoms with van der Waals surface area (Å²) in [6.07, 6.45) is 3.39. The van der Waals surface area contributed by atoms with E-state index in [1.165, 1.54) is 0 Å². The largest absolute Gasteiger partial charge is 0.369 e. The Morgan fingerprint density at radius 3 is 2.94 bits per heavy atom. The number of halogens is 1. The van der Waals surface area contributed by atoms with E-state index in [0.29, 0.717) is 28.0 Å². The molecule has 86 valence electrons. The van der Waals surface area contributed by atoms with Crippen molar-refractivity contribution < 1.29 is 0 Å². The molecule has 0 aliphatic heterocycles. The van der Waals surface area contributed by atoms with Crippen LogP contribution in [-0.4, -0.2) is 24.3 Å². The van der Waals surface area contributed by atoms with Gasteiger partial charge in [-0.3, -0.25) is 4.68 Å². The fourth-order valence-corrected chi connectivity index (χ4v) is 1.86. The van der Waals surface area contributed by atoms with Crippen LogP contribution >= 0.6 is 11.6 Å². The van der Waals surface area contributed by atoms with Crippen LogP contribution in [0, 0.1) is 0 Å². The van der Waals surface area contributed by atoms with Gasteiger partial charge in [-0.15, -0.1) is 0 Å². The molecule has 0 spiro atoms. The number of fused-ring (bicyclic) bond motifs is 1. The van der Waals surface area contributed by atoms with E-state index >= 15 is 0 Å². The highest BCUT2D eigenvalue weighted by molar-refractivity contribution is 6.31. The normalized spacial score (nSPS) is 11.2. The van der Waals surface area contributed by atoms with Gasteiger partial charge in [0.1, 0.15) is 5.52 Å². The summed E-state index contributed by atoms with van der Waals surface area (Å²) >= 11 is 5.86. The number of anilines is 1. The summed E-state index contributed by atoms with van der Waals surface area (Å²) in [6.45, 7) is 0. The molecule has 0 amide bonds. The number of nitrogens with two attached hydrogens (primary N) is 1. The van der Waals surface area contributed by atoms with E-state index in [-0.39, 0.29) is 0 Å². The smallest absolute Gasteiger partial charge is 0.208 e. The fourth-order valence-electron chi connectivity index (χ4n) is 1.71. The SMILES string of the molecule is Cn1ccc(-n2c(N)nc3cc(Cl)cnc32)n1. The molecule has 6 nitrogen and oxygen atoms in total. The number of aromatic nitrogens is 5. The fraction of sp³-hybridized carbons (Fsp3) is 0.100. The van der Waals surface area contributed by atoms with Crippen molar-refractivity contribution in [3.8, 4) is 5.82 Å². The number of hydrogen-bond donors (Lipinski definition) is 1. The molecule has 0 fully saturated rings. The zero-order chi connectivity index (χ0) is 12.0. The average molecular weight is 249 g/mol. The number of rotatable bonds is 1. The molecule has 3 aromatic heterocycles. The van der Waals surface area contributed by atoms with Crippen LogP contribution < -0.4 is 5.73 Å². The zero-order valence-corrected chi connectivity index (χ0v) is 9.76. The topological polar surface area (TPSA) is 74.5 Å². The van der Waals surface area contributed by atoms with Gasteiger partial charge in [0.2, 0.25) is 5.95 Å². The highest BCUT2D eigenvalue weighted by Crippen LogP contribution is 2.22. The highest BCUT2D eigenvalue weighted by atomic mass is 35.5. The predicted molar refractivity (Wildman–Crippen MR) is 65.1 cm³/mol. The van der Waals surface area contributed by atoms with Gasteiger partial charge in [0.05, 0.1) is 5.02 Å². The van der Waals surface area contributed by atoms with Crippen LogP contribution in [0.2, 0.25) is 5.02 Å². The van der Waals surface area contributed by atoms with Gasteiger partial charge in [-0.05, 0) is 6.07 Å². The Kier molecular flexibility index (Phi) is 2.05. The van der Waals surface area contributed by atoms with E-state index in [4.69, 9.17) is 17.3 Å². The lowest BCUT2D eigenvalue weighted by Gasteiger charge is -2.00. The number of aryl methyl sites for hydroxylation is 1. The molecule has 0 atom stereocenters. The number of pyridine rings is 1. The first kappa shape index (κ1) is 10.1. The molecule has 0 radical (unpaired) electrons. The zero-order valence-electron chi connectivity index (χ0n) is 9.00. The minimum Gasteiger partial charge on any atom is -0.369 e. The summed E-state index contributed by atoms with van der Waals surface area (Å²) in [5.41, 5.74) is 7.16. The summed E-state index contributed by atoms with van der Waals surface area (Å²) in [6, 6.07) is 3.56. The highest BCUT2D eigenvalue weighted by Gasteiger charge is 2.13. The first-order valence-corrected chi connectivity index (χ1v) is 5.32. The Hall–Kier alpha value is -2.08. The first-order chi connectivity index (χ1) is 8.15. The Bertz CT molecular complexity index is 698. The van der Waals surface area contributed by atoms with Crippen LogP contribution in [0.15, 0.2) is 24.5 Å². The van der Waals surface area contributed by atoms with E-state index < -0.39 is 0 Å². The lowest BCUT2D eigenvalue weighted by molar-refractivity contribution is 0.754. The minimum atomic E-state index is 0.341. The van der Waals surface area contributed by atoms with E-state index in [1.54, 1.807) is 21.5 Å². The molecular weight excluding hydrogens is 240 g/mol. The van der Waals surface area contributed by atoms with E-state index in [0.717, 1.165) is 0 Å². The molecule has 3 heterocycles. The van der Waals surface area contributed by atoms with Crippen molar-refractivity contribution in [2.45, 2.75) is 0 Å². The van der Waals surface area contributed by atoms with Gasteiger partial charge in [-0.2, -0.15) is 5.10 Å². The Morgan fingerprint density at radius 2 is 2.24 bits per heavy atom. The average Bonchev–Trinajstić information content (AvgIpc) is 2.80. The lowest BCUT2D eigenvalue weighted by Crippen LogP contribution is -2.02. The third kappa shape index (κ3) is 1.53. The van der Waals surface area contributed by atoms with Crippen molar-refractivity contribution in [3.05, 3.63) is 29.5 Å². The van der Waals surface area contributed by atoms with Crippen LogP contribution in [0.25, 0.3) is 17.0 Å². The summed E-state index contributed by atoms with van der Waals surface area (Å²) in [5, 5.41) is 4.80. The molecule has 2 N–H and O–H groups in total. The van der Waals surface area contributed by atoms with Crippen LogP contribution in [0.4, 0.5) is 5.95 Å². The van der Waals surface area contributed by atoms with Gasteiger partial charge in [0.15, 0.2) is 11.5 Å². The van der Waals surface area contributed by atoms with Gasteiger partial charge in [0, 0.05) is 25.5 Å². The van der Waals surface area contributed by atoms with Crippen molar-refractivity contribution in [3.63, 3.8) is 0 Å². The molecule has 3 aromatic rings. The second-order valence-corrected chi connectivity index (χ2v) is 4.09. The molecule has 0 aliphatic carbocycles. The van der Waals surface area contributed by atoms with Crippen molar-refractivity contribution in [1.29, 1.82) is 0 Å². The number of imidazole rings is 1. The van der Waals surface area contributed by atoms with Crippen molar-refractivity contribution in [2.24, 2.45) is 7.05 Å². The predicted octanol–water partition coefficient (Wildman–Crippen LogP) is 1.39. The molecule has 0 unspecified atom stereocenters. The van der Waals surface area contributed by atoms with E-state index in [9.17, 15) is 0 Å². The second-order valence-electron chi connectivity index (χ2n) is 3.65. The standard InChI is InChI=1S/C10H9ClN6/c1-16-3-2-8(15-16)17-9-7(14-10(17)12)4-6(11)5-13-9/h2-5H,1H3,(H2,12,14). The van der Waals surface area contributed by atoms with Gasteiger partial charge < -0.3 is 5.73 Å². The van der Waals surface area contributed by atoms with Crippen LogP contribution in [0.3, 0.4) is 0 Å². The van der Waals surface area contributed by atoms with Gasteiger partial charge >= 0.3 is 0 Å². The molecule has 0 bridgehead atoms. The molecule has 3 rings (SSSR count). The molecule has 0 aliphatic rings. The maximum Gasteiger partial charge on any atom is 0.208 e. The van der Waals surface area contributed by atoms with Crippen LogP contribution in [-0.2, 0) is 7.05 Å². The van der Waals surface area contributed by atoms with E-state index in [1.807, 2.05) is 19.3 Å². The number of nitrogens with zero attached hydrogens (tertiary/aromatic N) is 5. The number of nitrogen functional groups attached to an aromatic ring is 1. The lowest BCUT2D eigenvalue weighted by atomic mass is 10.4. The van der Waals surface area contributed by atoms with E-state index in [2.05, 4.69) is 15.1 Å². The molecular formula is C10H9ClN6. The molecule has 0 aromatic carbocycles. The van der Waals surface area contributed by atoms with Crippen LogP contribution in [0.5, 0.6) is 0 Å². The quantitative estimate of drug-likeness (QED) is 0.706. The van der Waals surface area contributed by atoms with Gasteiger partial charge in [-0.1, -0.05) is 11.6 Å². The number of hydrogen-bond acceptors (Lipinski definition) is 4. The molecule has 0 saturated heterocycles. The summed E-state index contributed by atoms with van der Waals surface area (Å²) < 4.78 is 3.38. The van der Waals surface area contributed by atoms with Crippen molar-refractivity contribution in [1.82, 2.24) is 24.3 Å². The Balaban J connectivity index is 2.32. The van der Waals surface area contributed by atoms with Gasteiger partial charge in [-0.25, -0.2) is 14.5 Å². The first-order valence-electron chi connectivity index (χ1n) is 4.94. The molecule has 0 saturated carbocycles. The molecule has 7 heteroatoms. The minimum absolute atomic E-state index is 0.341. The van der Waals surface area contributed by atoms with Gasteiger partial charge in [0.25, 0.3) is 0 Å². The summed E-state index contributed by atoms with van der Waals surface area (Å²) in [7, 11) is 1.84. The third-order valence-electron chi connectivity index (χ3n) is 2.42. The van der Waals surface area contributed by atoms with Crippen molar-refractivity contribution >= 4 is 28.7 Å². The summed E-state index contributed by atoms with van der Waals surface area (Å²) in [4.78, 5) is 8.43. The van der Waals surface area contributed by atoms with Crippen molar-refractivity contribution in [2.75, 3.05) is 5.73 Å². The van der Waals surface area contributed by atoms with Crippen LogP contribution in [0.1, 0.15) is 0 Å². The second kappa shape index (κ2) is 3.46. The maximum absolute atomic E-state index is 5.86. The molecule has 17 heavy (non-hydrogen) atoms. The Labute approximate surface area is 102 Å². The monoisotopic (exact) mass is 248 g/mol. The third-order valence-corrected chi connectivity index (χ3v) is 2.63. The summed E-state index contributed by atoms with van der Waals surface area (Å²) in [5.74, 6) is 1.02. The Morgan fingerprint density at radius 1 is 1.41 bits per heavy atom. The maximum atomic E-state index is 5.86.